The molecule has 25 heavy (non-hydrogen) atoms. The fourth-order valence-corrected chi connectivity index (χ4v) is 4.91. The summed E-state index contributed by atoms with van der Waals surface area (Å²) in [7, 11) is 0. The molecule has 6 atom stereocenters. The molecule has 4 N–H and O–H groups in total. The number of piperidine rings is 1. The van der Waals surface area contributed by atoms with Gasteiger partial charge < -0.3 is 25.8 Å². The quantitative estimate of drug-likeness (QED) is 0.608. The zero-order valence-corrected chi connectivity index (χ0v) is 16.0. The van der Waals surface area contributed by atoms with Crippen LogP contribution in [0.1, 0.15) is 25.7 Å². The van der Waals surface area contributed by atoms with Gasteiger partial charge in [-0.15, -0.1) is 23.2 Å². The topological polar surface area (TPSA) is 87.8 Å². The minimum absolute atomic E-state index is 0.0179. The van der Waals surface area contributed by atoms with E-state index in [1.807, 2.05) is 4.90 Å². The van der Waals surface area contributed by atoms with Gasteiger partial charge in [0, 0.05) is 38.1 Å². The van der Waals surface area contributed by atoms with Crippen molar-refractivity contribution in [2.24, 2.45) is 17.6 Å². The molecule has 1 saturated carbocycles. The maximum Gasteiger partial charge on any atom is 0.253 e. The number of aliphatic hydroxyl groups excluding tert-OH is 1. The Morgan fingerprint density at radius 1 is 1.24 bits per heavy atom. The molecule has 3 fully saturated rings. The number of morpholine rings is 1. The summed E-state index contributed by atoms with van der Waals surface area (Å²) in [5.74, 6) is 0.350. The van der Waals surface area contributed by atoms with Gasteiger partial charge in [0.15, 0.2) is 0 Å². The number of hydrogen-bond donors (Lipinski definition) is 3. The Kier molecular flexibility index (Phi) is 6.85. The summed E-state index contributed by atoms with van der Waals surface area (Å²) in [4.78, 5) is 14.4. The molecule has 4 unspecified atom stereocenters. The van der Waals surface area contributed by atoms with E-state index in [0.29, 0.717) is 45.0 Å². The van der Waals surface area contributed by atoms with E-state index in [9.17, 15) is 9.90 Å². The molecular formula is C17H29Cl2N3O3. The van der Waals surface area contributed by atoms with Gasteiger partial charge in [-0.2, -0.15) is 0 Å². The Morgan fingerprint density at radius 2 is 1.92 bits per heavy atom. The average molecular weight is 394 g/mol. The number of likely N-dealkylation sites (tertiary alicyclic amines) is 1. The average Bonchev–Trinajstić information content (AvgIpc) is 2.64. The molecule has 3 aliphatic rings. The van der Waals surface area contributed by atoms with Crippen LogP contribution in [0.5, 0.6) is 0 Å². The van der Waals surface area contributed by atoms with Crippen LogP contribution >= 0.6 is 23.2 Å². The Bertz CT molecular complexity index is 456. The van der Waals surface area contributed by atoms with E-state index in [1.54, 1.807) is 0 Å². The Labute approximate surface area is 159 Å². The molecule has 0 aromatic rings. The first-order chi connectivity index (χ1) is 12.0. The number of rotatable bonds is 3. The number of nitrogens with zero attached hydrogens (tertiary/aromatic N) is 1. The molecule has 6 nitrogen and oxygen atoms in total. The summed E-state index contributed by atoms with van der Waals surface area (Å²) in [6, 6.07) is -0.106. The van der Waals surface area contributed by atoms with Gasteiger partial charge in [0.05, 0.1) is 23.5 Å². The lowest BCUT2D eigenvalue weighted by atomic mass is 9.74. The van der Waals surface area contributed by atoms with Crippen LogP contribution in [0, 0.1) is 11.8 Å². The molecule has 0 radical (unpaired) electrons. The van der Waals surface area contributed by atoms with Gasteiger partial charge in [-0.25, -0.2) is 0 Å². The first-order valence-corrected chi connectivity index (χ1v) is 10.2. The molecule has 0 aromatic heterocycles. The first kappa shape index (κ1) is 19.6. The van der Waals surface area contributed by atoms with Crippen molar-refractivity contribution in [2.45, 2.75) is 54.7 Å². The summed E-state index contributed by atoms with van der Waals surface area (Å²) in [5, 5.41) is 13.2. The lowest BCUT2D eigenvalue weighted by molar-refractivity contribution is -0.146. The molecule has 0 bridgehead atoms. The number of ether oxygens (including phenoxy) is 1. The Balaban J connectivity index is 1.50. The van der Waals surface area contributed by atoms with Crippen molar-refractivity contribution >= 4 is 29.1 Å². The van der Waals surface area contributed by atoms with Gasteiger partial charge in [-0.3, -0.25) is 4.79 Å². The third kappa shape index (κ3) is 4.60. The molecule has 0 aromatic carbocycles. The second-order valence-electron chi connectivity index (χ2n) is 7.54. The lowest BCUT2D eigenvalue weighted by Crippen LogP contribution is -2.54. The van der Waals surface area contributed by atoms with Crippen molar-refractivity contribution in [2.75, 3.05) is 32.8 Å². The van der Waals surface area contributed by atoms with E-state index >= 15 is 0 Å². The second kappa shape index (κ2) is 8.72. The maximum atomic E-state index is 12.5. The number of carbonyl (C=O) groups is 1. The van der Waals surface area contributed by atoms with Gasteiger partial charge >= 0.3 is 0 Å². The standard InChI is InChI=1S/C17H29Cl2N3O3/c18-12-7-11(14(23)8-13(12)19)16(20)10-1-4-22(5-2-10)17(24)15-9-21-3-6-25-15/h10-16,21,23H,1-9,20H2/t11?,12?,13?,14?,15-,16+/m0/s1. The molecule has 1 aliphatic carbocycles. The van der Waals surface area contributed by atoms with E-state index in [1.165, 1.54) is 0 Å². The number of alkyl halides is 2. The van der Waals surface area contributed by atoms with Crippen molar-refractivity contribution in [3.63, 3.8) is 0 Å². The second-order valence-corrected chi connectivity index (χ2v) is 8.66. The van der Waals surface area contributed by atoms with Crippen LogP contribution < -0.4 is 11.1 Å². The molecule has 2 heterocycles. The SMILES string of the molecule is N[C@H](C1CCN(C(=O)[C@@H]2CNCCO2)CC1)C1CC(Cl)C(Cl)CC1O. The highest BCUT2D eigenvalue weighted by Gasteiger charge is 2.41. The predicted octanol–water partition coefficient (Wildman–Crippen LogP) is 0.526. The summed E-state index contributed by atoms with van der Waals surface area (Å²) in [5.41, 5.74) is 6.49. The molecule has 0 spiro atoms. The summed E-state index contributed by atoms with van der Waals surface area (Å²) in [6.45, 7) is 3.36. The van der Waals surface area contributed by atoms with E-state index in [-0.39, 0.29) is 34.7 Å². The lowest BCUT2D eigenvalue weighted by Gasteiger charge is -2.43. The van der Waals surface area contributed by atoms with Gasteiger partial charge in [0.25, 0.3) is 5.91 Å². The van der Waals surface area contributed by atoms with Crippen molar-refractivity contribution in [1.29, 1.82) is 0 Å². The smallest absolute Gasteiger partial charge is 0.253 e. The third-order valence-corrected chi connectivity index (χ3v) is 7.04. The fourth-order valence-electron chi connectivity index (χ4n) is 4.31. The zero-order chi connectivity index (χ0) is 18.0. The first-order valence-electron chi connectivity index (χ1n) is 9.30. The summed E-state index contributed by atoms with van der Waals surface area (Å²) >= 11 is 12.4. The van der Waals surface area contributed by atoms with Crippen LogP contribution in [0.2, 0.25) is 0 Å². The van der Waals surface area contributed by atoms with E-state index in [0.717, 1.165) is 19.4 Å². The monoisotopic (exact) mass is 393 g/mol. The molecule has 2 aliphatic heterocycles. The molecule has 3 rings (SSSR count). The number of amides is 1. The fraction of sp³-hybridized carbons (Fsp3) is 0.941. The number of nitrogens with two attached hydrogens (primary N) is 1. The van der Waals surface area contributed by atoms with Crippen LogP contribution in [0.25, 0.3) is 0 Å². The molecule has 8 heteroatoms. The highest BCUT2D eigenvalue weighted by Crippen LogP contribution is 2.37. The normalized spacial score (nSPS) is 39.2. The molecule has 1 amide bonds. The molecular weight excluding hydrogens is 365 g/mol. The van der Waals surface area contributed by atoms with Gasteiger partial charge in [-0.05, 0) is 31.6 Å². The number of halogens is 2. The zero-order valence-electron chi connectivity index (χ0n) is 14.4. The number of aliphatic hydroxyl groups is 1. The van der Waals surface area contributed by atoms with E-state index < -0.39 is 6.10 Å². The van der Waals surface area contributed by atoms with Crippen LogP contribution in [-0.4, -0.2) is 77.7 Å². The third-order valence-electron chi connectivity index (χ3n) is 5.94. The number of carbonyl (C=O) groups excluding carboxylic acids is 1. The number of hydrogen-bond acceptors (Lipinski definition) is 5. The van der Waals surface area contributed by atoms with Crippen molar-refractivity contribution in [3.8, 4) is 0 Å². The van der Waals surface area contributed by atoms with Crippen LogP contribution in [0.15, 0.2) is 0 Å². The Hall–Kier alpha value is -0.110. The van der Waals surface area contributed by atoms with Gasteiger partial charge in [0.1, 0.15) is 6.10 Å². The van der Waals surface area contributed by atoms with Crippen LogP contribution in [-0.2, 0) is 9.53 Å². The summed E-state index contributed by atoms with van der Waals surface area (Å²) < 4.78 is 5.56. The largest absolute Gasteiger partial charge is 0.393 e. The van der Waals surface area contributed by atoms with Crippen LogP contribution in [0.3, 0.4) is 0 Å². The van der Waals surface area contributed by atoms with Gasteiger partial charge in [0.2, 0.25) is 0 Å². The highest BCUT2D eigenvalue weighted by molar-refractivity contribution is 6.30. The minimum Gasteiger partial charge on any atom is -0.393 e. The highest BCUT2D eigenvalue weighted by atomic mass is 35.5. The van der Waals surface area contributed by atoms with Gasteiger partial charge in [-0.1, -0.05) is 0 Å². The minimum atomic E-state index is -0.492. The molecule has 144 valence electrons. The van der Waals surface area contributed by atoms with Crippen molar-refractivity contribution in [3.05, 3.63) is 0 Å². The molecule has 2 saturated heterocycles. The maximum absolute atomic E-state index is 12.5. The number of nitrogens with one attached hydrogen (secondary N) is 1. The van der Waals surface area contributed by atoms with E-state index in [2.05, 4.69) is 5.32 Å². The van der Waals surface area contributed by atoms with Crippen molar-refractivity contribution in [1.82, 2.24) is 10.2 Å². The van der Waals surface area contributed by atoms with Crippen LogP contribution in [0.4, 0.5) is 0 Å². The van der Waals surface area contributed by atoms with Crippen molar-refractivity contribution < 1.29 is 14.6 Å². The predicted molar refractivity (Wildman–Crippen MR) is 97.9 cm³/mol. The van der Waals surface area contributed by atoms with E-state index in [4.69, 9.17) is 33.7 Å². The Morgan fingerprint density at radius 3 is 2.56 bits per heavy atom. The summed E-state index contributed by atoms with van der Waals surface area (Å²) in [6.07, 6.45) is 2.00.